The van der Waals surface area contributed by atoms with Crippen molar-refractivity contribution in [2.75, 3.05) is 0 Å². The van der Waals surface area contributed by atoms with E-state index >= 15 is 0 Å². The predicted molar refractivity (Wildman–Crippen MR) is 113 cm³/mol. The van der Waals surface area contributed by atoms with Gasteiger partial charge in [-0.3, -0.25) is 9.59 Å². The molecule has 0 aliphatic carbocycles. The summed E-state index contributed by atoms with van der Waals surface area (Å²) >= 11 is 0. The van der Waals surface area contributed by atoms with E-state index in [0.717, 1.165) is 12.2 Å². The van der Waals surface area contributed by atoms with Crippen LogP contribution in [0.1, 0.15) is 45.7 Å². The maximum Gasteiger partial charge on any atom is 0.349 e. The molecule has 0 saturated heterocycles. The molecule has 0 radical (unpaired) electrons. The summed E-state index contributed by atoms with van der Waals surface area (Å²) in [6.07, 6.45) is 2.31. The van der Waals surface area contributed by atoms with E-state index in [1.807, 2.05) is 0 Å². The highest BCUT2D eigenvalue weighted by Gasteiger charge is 2.29. The summed E-state index contributed by atoms with van der Waals surface area (Å²) < 4.78 is 4.76. The summed E-state index contributed by atoms with van der Waals surface area (Å²) in [5, 5.41) is 19.9. The number of esters is 2. The normalized spacial score (nSPS) is 11.7. The van der Waals surface area contributed by atoms with Crippen molar-refractivity contribution in [3.8, 4) is 11.5 Å². The quantitative estimate of drug-likeness (QED) is 0.239. The second-order valence-corrected chi connectivity index (χ2v) is 6.78. The van der Waals surface area contributed by atoms with Crippen molar-refractivity contribution in [3.63, 3.8) is 0 Å². The Kier molecular flexibility index (Phi) is 7.26. The first-order chi connectivity index (χ1) is 14.6. The molecule has 0 aliphatic heterocycles. The largest absolute Gasteiger partial charge is 0.507 e. The molecular weight excluding hydrogens is 400 g/mol. The minimum absolute atomic E-state index is 0.121. The number of aryl methyl sites for hydroxylation is 2. The molecule has 31 heavy (non-hydrogen) atoms. The first-order valence-corrected chi connectivity index (χ1v) is 9.38. The molecule has 0 spiro atoms. The third-order valence-electron chi connectivity index (χ3n) is 4.49. The van der Waals surface area contributed by atoms with Crippen molar-refractivity contribution < 1.29 is 34.1 Å². The van der Waals surface area contributed by atoms with Crippen LogP contribution in [0.15, 0.2) is 59.7 Å². The zero-order valence-electron chi connectivity index (χ0n) is 17.6. The smallest absolute Gasteiger partial charge is 0.349 e. The lowest BCUT2D eigenvalue weighted by Gasteiger charge is -2.10. The number of rotatable bonds is 6. The van der Waals surface area contributed by atoms with Crippen molar-refractivity contribution >= 4 is 23.5 Å². The highest BCUT2D eigenvalue weighted by Crippen LogP contribution is 2.24. The van der Waals surface area contributed by atoms with Crippen LogP contribution in [0.25, 0.3) is 0 Å². The molecule has 2 rings (SSSR count). The number of phenolic OH excluding ortho intramolecular Hbond substituents is 2. The minimum atomic E-state index is -1.26. The maximum absolute atomic E-state index is 12.7. The van der Waals surface area contributed by atoms with E-state index in [-0.39, 0.29) is 22.6 Å². The van der Waals surface area contributed by atoms with E-state index in [0.29, 0.717) is 11.1 Å². The zero-order chi connectivity index (χ0) is 23.3. The van der Waals surface area contributed by atoms with Crippen LogP contribution >= 0.6 is 0 Å². The Labute approximate surface area is 179 Å². The lowest BCUT2D eigenvalue weighted by Crippen LogP contribution is -2.23. The van der Waals surface area contributed by atoms with E-state index in [1.165, 1.54) is 38.1 Å². The second kappa shape index (κ2) is 9.67. The number of hydrogen-bond acceptors (Lipinski definition) is 7. The van der Waals surface area contributed by atoms with Crippen LogP contribution in [0.5, 0.6) is 11.5 Å². The first kappa shape index (κ1) is 23.3. The molecule has 7 heteroatoms. The van der Waals surface area contributed by atoms with Crippen LogP contribution in [-0.4, -0.2) is 33.7 Å². The Morgan fingerprint density at radius 2 is 1.06 bits per heavy atom. The molecule has 0 amide bonds. The summed E-state index contributed by atoms with van der Waals surface area (Å²) in [5.74, 6) is -4.84. The van der Waals surface area contributed by atoms with Gasteiger partial charge in [-0.1, -0.05) is 35.4 Å². The number of ether oxygens (including phenoxy) is 1. The van der Waals surface area contributed by atoms with Crippen LogP contribution in [0, 0.1) is 13.8 Å². The van der Waals surface area contributed by atoms with Crippen LogP contribution in [0.2, 0.25) is 0 Å². The number of aromatic hydroxyl groups is 2. The molecular formula is C24H22O7. The first-order valence-electron chi connectivity index (χ1n) is 9.38. The van der Waals surface area contributed by atoms with E-state index in [1.54, 1.807) is 26.0 Å². The highest BCUT2D eigenvalue weighted by molar-refractivity contribution is 6.30. The zero-order valence-corrected chi connectivity index (χ0v) is 17.6. The Hall–Kier alpha value is -4.00. The molecule has 0 atom stereocenters. The predicted octanol–water partition coefficient (Wildman–Crippen LogP) is 3.74. The summed E-state index contributed by atoms with van der Waals surface area (Å²) in [5.41, 5.74) is 0.168. The van der Waals surface area contributed by atoms with Gasteiger partial charge in [0, 0.05) is 0 Å². The molecule has 2 aromatic carbocycles. The third-order valence-corrected chi connectivity index (χ3v) is 4.49. The van der Waals surface area contributed by atoms with Crippen molar-refractivity contribution in [2.24, 2.45) is 0 Å². The number of hydrogen-bond donors (Lipinski definition) is 2. The summed E-state index contributed by atoms with van der Waals surface area (Å²) in [4.78, 5) is 50.4. The van der Waals surface area contributed by atoms with E-state index < -0.39 is 34.7 Å². The van der Waals surface area contributed by atoms with Crippen molar-refractivity contribution in [3.05, 3.63) is 82.0 Å². The van der Waals surface area contributed by atoms with Gasteiger partial charge >= 0.3 is 11.9 Å². The number of carbonyl (C=O) groups is 4. The average Bonchev–Trinajstić information content (AvgIpc) is 2.72. The number of phenols is 2. The molecule has 0 saturated carbocycles. The van der Waals surface area contributed by atoms with Gasteiger partial charge in [-0.05, 0) is 52.0 Å². The maximum atomic E-state index is 12.7. The fourth-order valence-electron chi connectivity index (χ4n) is 2.83. The third kappa shape index (κ3) is 5.14. The average molecular weight is 422 g/mol. The van der Waals surface area contributed by atoms with Crippen LogP contribution in [0.3, 0.4) is 0 Å². The number of Topliss-reactive ketones (excluding diaryl/α,β-unsaturated/α-hetero) is 2. The van der Waals surface area contributed by atoms with Gasteiger partial charge in [0.05, 0.1) is 11.1 Å². The Bertz CT molecular complexity index is 1050. The van der Waals surface area contributed by atoms with Crippen molar-refractivity contribution in [1.82, 2.24) is 0 Å². The van der Waals surface area contributed by atoms with Gasteiger partial charge in [-0.25, -0.2) is 9.59 Å². The lowest BCUT2D eigenvalue weighted by molar-refractivity contribution is -0.153. The second-order valence-electron chi connectivity index (χ2n) is 6.78. The molecule has 0 aromatic heterocycles. The summed E-state index contributed by atoms with van der Waals surface area (Å²) in [6, 6.07) is 8.62. The molecule has 0 aliphatic rings. The van der Waals surface area contributed by atoms with Gasteiger partial charge in [0.1, 0.15) is 22.6 Å². The number of benzene rings is 2. The molecule has 160 valence electrons. The van der Waals surface area contributed by atoms with Crippen LogP contribution < -0.4 is 0 Å². The monoisotopic (exact) mass is 422 g/mol. The molecule has 0 heterocycles. The topological polar surface area (TPSA) is 118 Å². The van der Waals surface area contributed by atoms with E-state index in [4.69, 9.17) is 4.74 Å². The van der Waals surface area contributed by atoms with Gasteiger partial charge in [0.25, 0.3) is 0 Å². The standard InChI is InChI=1S/C24H22O7/c1-5-15(21(27)17-11-13(3)7-9-19(17)25)23(29)31-24(30)16(6-2)22(28)18-12-14(4)8-10-20(18)26/h5-12,25-26H,1-4H3. The van der Waals surface area contributed by atoms with Crippen molar-refractivity contribution in [2.45, 2.75) is 27.7 Å². The minimum Gasteiger partial charge on any atom is -0.507 e. The molecule has 2 N–H and O–H groups in total. The van der Waals surface area contributed by atoms with E-state index in [9.17, 15) is 29.4 Å². The van der Waals surface area contributed by atoms with Gasteiger partial charge < -0.3 is 14.9 Å². The van der Waals surface area contributed by atoms with Crippen molar-refractivity contribution in [1.29, 1.82) is 0 Å². The molecule has 0 bridgehead atoms. The number of carbonyl (C=O) groups excluding carboxylic acids is 4. The summed E-state index contributed by atoms with van der Waals surface area (Å²) in [6.45, 7) is 6.22. The fraction of sp³-hybridized carbons (Fsp3) is 0.167. The van der Waals surface area contributed by atoms with Gasteiger partial charge in [0.15, 0.2) is 0 Å². The Morgan fingerprint density at radius 1 is 0.710 bits per heavy atom. The molecule has 0 fully saturated rings. The molecule has 7 nitrogen and oxygen atoms in total. The van der Waals surface area contributed by atoms with E-state index in [2.05, 4.69) is 0 Å². The SMILES string of the molecule is CC=C(C(=O)OC(=O)C(=CC)C(=O)c1cc(C)ccc1O)C(=O)c1cc(C)ccc1O. The van der Waals surface area contributed by atoms with Gasteiger partial charge in [-0.2, -0.15) is 0 Å². The van der Waals surface area contributed by atoms with Gasteiger partial charge in [-0.15, -0.1) is 0 Å². The highest BCUT2D eigenvalue weighted by atomic mass is 16.6. The number of allylic oxidation sites excluding steroid dienone is 2. The lowest BCUT2D eigenvalue weighted by atomic mass is 9.99. The Balaban J connectivity index is 2.27. The number of ketones is 2. The van der Waals surface area contributed by atoms with Gasteiger partial charge in [0.2, 0.25) is 11.6 Å². The van der Waals surface area contributed by atoms with Crippen LogP contribution in [-0.2, 0) is 14.3 Å². The van der Waals surface area contributed by atoms with Crippen LogP contribution in [0.4, 0.5) is 0 Å². The summed E-state index contributed by atoms with van der Waals surface area (Å²) in [7, 11) is 0. The molecule has 2 aromatic rings. The molecule has 0 unspecified atom stereocenters. The Morgan fingerprint density at radius 3 is 1.39 bits per heavy atom. The fourth-order valence-corrected chi connectivity index (χ4v) is 2.83.